The first kappa shape index (κ1) is 20.7. The molecule has 1 aliphatic heterocycles. The Bertz CT molecular complexity index is 859. The van der Waals surface area contributed by atoms with Gasteiger partial charge in [-0.05, 0) is 55.5 Å². The maximum absolute atomic E-state index is 14.5. The molecule has 1 aliphatic carbocycles. The fourth-order valence-corrected chi connectivity index (χ4v) is 3.66. The van der Waals surface area contributed by atoms with Gasteiger partial charge >= 0.3 is 0 Å². The van der Waals surface area contributed by atoms with Gasteiger partial charge in [0, 0.05) is 31.9 Å². The lowest BCUT2D eigenvalue weighted by atomic mass is 9.87. The van der Waals surface area contributed by atoms with E-state index in [0.717, 1.165) is 0 Å². The van der Waals surface area contributed by atoms with Gasteiger partial charge in [-0.2, -0.15) is 0 Å². The molecule has 1 N–H and O–H groups in total. The smallest absolute Gasteiger partial charge is 0.257 e. The zero-order chi connectivity index (χ0) is 21.1. The second-order valence-corrected chi connectivity index (χ2v) is 8.14. The third kappa shape index (κ3) is 4.92. The molecule has 6 nitrogen and oxygen atoms in total. The first-order valence-corrected chi connectivity index (χ1v) is 10.3. The first-order valence-electron chi connectivity index (χ1n) is 10.3. The van der Waals surface area contributed by atoms with Gasteiger partial charge in [0.2, 0.25) is 5.91 Å². The highest BCUT2D eigenvalue weighted by molar-refractivity contribution is 5.93. The molecule has 0 spiro atoms. The molecule has 1 saturated heterocycles. The van der Waals surface area contributed by atoms with Gasteiger partial charge in [-0.3, -0.25) is 14.7 Å². The number of piperidine rings is 1. The van der Waals surface area contributed by atoms with Crippen LogP contribution < -0.4 is 10.1 Å². The number of rotatable bonds is 7. The topological polar surface area (TPSA) is 67.3 Å². The van der Waals surface area contributed by atoms with Crippen molar-refractivity contribution < 1.29 is 18.3 Å². The molecule has 2 fully saturated rings. The number of hydrogen-bond donors (Lipinski definition) is 1. The normalized spacial score (nSPS) is 22.3. The van der Waals surface area contributed by atoms with Crippen LogP contribution >= 0.6 is 0 Å². The molecule has 0 radical (unpaired) electrons. The van der Waals surface area contributed by atoms with E-state index in [1.54, 1.807) is 42.3 Å². The summed E-state index contributed by atoms with van der Waals surface area (Å²) in [6.07, 6.45) is 6.76. The number of carbonyl (C=O) groups excluding carboxylic acids is 1. The number of nitrogens with zero attached hydrogens (tertiary/aromatic N) is 3. The van der Waals surface area contributed by atoms with Gasteiger partial charge in [-0.25, -0.2) is 13.8 Å². The zero-order valence-electron chi connectivity index (χ0n) is 16.9. The van der Waals surface area contributed by atoms with E-state index in [9.17, 15) is 13.6 Å². The summed E-state index contributed by atoms with van der Waals surface area (Å²) in [6, 6.07) is 6.14. The molecule has 8 heteroatoms. The fraction of sp³-hybridized carbons (Fsp3) is 0.500. The van der Waals surface area contributed by atoms with Crippen molar-refractivity contribution in [2.45, 2.75) is 44.1 Å². The zero-order valence-corrected chi connectivity index (χ0v) is 16.9. The molecule has 160 valence electrons. The molecule has 0 bridgehead atoms. The highest BCUT2D eigenvalue weighted by atomic mass is 19.3. The van der Waals surface area contributed by atoms with E-state index in [-0.39, 0.29) is 25.4 Å². The van der Waals surface area contributed by atoms with Crippen molar-refractivity contribution in [3.63, 3.8) is 0 Å². The highest BCUT2D eigenvalue weighted by Crippen LogP contribution is 2.40. The van der Waals surface area contributed by atoms with Crippen LogP contribution in [0.15, 0.2) is 42.9 Å². The molecule has 2 aliphatic rings. The molecular weight excluding hydrogens is 390 g/mol. The summed E-state index contributed by atoms with van der Waals surface area (Å²) in [4.78, 5) is 22.6. The molecular formula is C22H26F2N4O2. The number of aromatic nitrogens is 2. The molecule has 30 heavy (non-hydrogen) atoms. The predicted octanol–water partition coefficient (Wildman–Crippen LogP) is 3.72. The quantitative estimate of drug-likeness (QED) is 0.745. The summed E-state index contributed by atoms with van der Waals surface area (Å²) in [5.74, 6) is -2.31. The van der Waals surface area contributed by atoms with Crippen molar-refractivity contribution in [2.24, 2.45) is 5.92 Å². The van der Waals surface area contributed by atoms with Gasteiger partial charge in [0.15, 0.2) is 0 Å². The molecule has 2 unspecified atom stereocenters. The molecule has 2 atom stereocenters. The Morgan fingerprint density at radius 1 is 1.30 bits per heavy atom. The number of ether oxygens (including phenoxy) is 1. The van der Waals surface area contributed by atoms with E-state index in [1.807, 2.05) is 0 Å². The van der Waals surface area contributed by atoms with Crippen molar-refractivity contribution in [2.75, 3.05) is 25.0 Å². The van der Waals surface area contributed by atoms with Crippen LogP contribution in [0.2, 0.25) is 0 Å². The average Bonchev–Trinajstić information content (AvgIpc) is 3.58. The Balaban J connectivity index is 1.36. The summed E-state index contributed by atoms with van der Waals surface area (Å²) in [6.45, 7) is 2.69. The minimum atomic E-state index is -2.81. The van der Waals surface area contributed by atoms with E-state index < -0.39 is 17.9 Å². The number of nitrogens with one attached hydrogen (secondary N) is 1. The summed E-state index contributed by atoms with van der Waals surface area (Å²) < 4.78 is 34.7. The minimum Gasteiger partial charge on any atom is -0.492 e. The van der Waals surface area contributed by atoms with Crippen molar-refractivity contribution in [3.8, 4) is 5.75 Å². The van der Waals surface area contributed by atoms with Crippen LogP contribution in [0.3, 0.4) is 0 Å². The van der Waals surface area contributed by atoms with Gasteiger partial charge in [0.05, 0.1) is 24.8 Å². The van der Waals surface area contributed by atoms with Crippen LogP contribution in [0.25, 0.3) is 0 Å². The molecule has 4 rings (SSSR count). The van der Waals surface area contributed by atoms with E-state index in [2.05, 4.69) is 15.3 Å². The lowest BCUT2D eigenvalue weighted by molar-refractivity contribution is -0.125. The largest absolute Gasteiger partial charge is 0.492 e. The van der Waals surface area contributed by atoms with Crippen molar-refractivity contribution in [1.29, 1.82) is 0 Å². The lowest BCUT2D eigenvalue weighted by Gasteiger charge is -2.40. The van der Waals surface area contributed by atoms with Crippen molar-refractivity contribution in [3.05, 3.63) is 48.4 Å². The summed E-state index contributed by atoms with van der Waals surface area (Å²) >= 11 is 0. The Kier molecular flexibility index (Phi) is 5.94. The van der Waals surface area contributed by atoms with Crippen LogP contribution in [0.4, 0.5) is 14.6 Å². The number of hydrogen-bond acceptors (Lipinski definition) is 5. The van der Waals surface area contributed by atoms with E-state index >= 15 is 0 Å². The van der Waals surface area contributed by atoms with Gasteiger partial charge in [-0.15, -0.1) is 0 Å². The number of pyridine rings is 2. The van der Waals surface area contributed by atoms with Crippen LogP contribution in [0.5, 0.6) is 5.75 Å². The van der Waals surface area contributed by atoms with Gasteiger partial charge in [0.25, 0.3) is 5.92 Å². The third-order valence-corrected chi connectivity index (χ3v) is 5.87. The number of likely N-dealkylation sites (tertiary alicyclic amines) is 1. The van der Waals surface area contributed by atoms with Gasteiger partial charge in [-0.1, -0.05) is 0 Å². The summed E-state index contributed by atoms with van der Waals surface area (Å²) in [5.41, 5.74) is 0.538. The number of amides is 1. The van der Waals surface area contributed by atoms with Crippen LogP contribution in [-0.4, -0.2) is 52.4 Å². The van der Waals surface area contributed by atoms with Crippen molar-refractivity contribution in [1.82, 2.24) is 14.9 Å². The molecule has 2 aromatic rings. The standard InChI is InChI=1S/C22H26F2N4O2/c1-15(21(29)27-20-5-4-18(12-26-20)30-14-16-2-3-16)28-11-8-22(23,24)19(13-28)17-6-9-25-10-7-17/h4-7,9-10,12,15-16,19H,2-3,8,11,13-14H2,1H3,(H,26,27,29). The van der Waals surface area contributed by atoms with Gasteiger partial charge in [0.1, 0.15) is 11.6 Å². The van der Waals surface area contributed by atoms with E-state index in [0.29, 0.717) is 29.7 Å². The van der Waals surface area contributed by atoms with Crippen LogP contribution in [-0.2, 0) is 4.79 Å². The Hall–Kier alpha value is -2.61. The summed E-state index contributed by atoms with van der Waals surface area (Å²) in [7, 11) is 0. The molecule has 2 aromatic heterocycles. The van der Waals surface area contributed by atoms with E-state index in [1.165, 1.54) is 25.2 Å². The number of halogens is 2. The van der Waals surface area contributed by atoms with E-state index in [4.69, 9.17) is 4.74 Å². The Labute approximate surface area is 174 Å². The number of alkyl halides is 2. The molecule has 1 amide bonds. The Morgan fingerprint density at radius 2 is 2.07 bits per heavy atom. The second kappa shape index (κ2) is 8.63. The van der Waals surface area contributed by atoms with Crippen molar-refractivity contribution >= 4 is 11.7 Å². The monoisotopic (exact) mass is 416 g/mol. The van der Waals surface area contributed by atoms with Crippen LogP contribution in [0.1, 0.15) is 37.7 Å². The SMILES string of the molecule is CC(C(=O)Nc1ccc(OCC2CC2)cn1)N1CCC(F)(F)C(c2ccncc2)C1. The second-order valence-electron chi connectivity index (χ2n) is 8.14. The predicted molar refractivity (Wildman–Crippen MR) is 109 cm³/mol. The molecule has 3 heterocycles. The van der Waals surface area contributed by atoms with Crippen LogP contribution in [0, 0.1) is 5.92 Å². The maximum Gasteiger partial charge on any atom is 0.257 e. The van der Waals surface area contributed by atoms with Gasteiger partial charge < -0.3 is 10.1 Å². The molecule has 0 aromatic carbocycles. The minimum absolute atomic E-state index is 0.104. The lowest BCUT2D eigenvalue weighted by Crippen LogP contribution is -2.52. The average molecular weight is 416 g/mol. The number of carbonyl (C=O) groups is 1. The maximum atomic E-state index is 14.5. The number of anilines is 1. The highest BCUT2D eigenvalue weighted by Gasteiger charge is 2.46. The third-order valence-electron chi connectivity index (χ3n) is 5.87. The fourth-order valence-electron chi connectivity index (χ4n) is 3.66. The molecule has 1 saturated carbocycles. The Morgan fingerprint density at radius 3 is 2.73 bits per heavy atom. The first-order chi connectivity index (χ1) is 14.4. The summed E-state index contributed by atoms with van der Waals surface area (Å²) in [5, 5.41) is 2.77.